The first-order valence-corrected chi connectivity index (χ1v) is 19.9. The molecule has 2 N–H and O–H groups in total. The first-order chi connectivity index (χ1) is 24.5. The largest absolute Gasteiger partial charge is 0.481 e. The van der Waals surface area contributed by atoms with Crippen LogP contribution in [0.5, 0.6) is 5.75 Å². The molecule has 3 rings (SSSR count). The van der Waals surface area contributed by atoms with Crippen molar-refractivity contribution in [2.45, 2.75) is 117 Å². The van der Waals surface area contributed by atoms with E-state index >= 15 is 0 Å². The highest BCUT2D eigenvalue weighted by atomic mass is 31.2. The average Bonchev–Trinajstić information content (AvgIpc) is 3.68. The molecule has 0 spiro atoms. The number of esters is 1. The van der Waals surface area contributed by atoms with E-state index in [1.165, 1.54) is 11.8 Å². The van der Waals surface area contributed by atoms with Crippen molar-refractivity contribution in [2.24, 2.45) is 11.8 Å². The number of hydrogen-bond acceptors (Lipinski definition) is 13. The maximum atomic E-state index is 13.5. The third-order valence-electron chi connectivity index (χ3n) is 8.15. The molecule has 0 aliphatic carbocycles. The Labute approximate surface area is 307 Å². The Morgan fingerprint density at radius 3 is 2.42 bits per heavy atom. The van der Waals surface area contributed by atoms with E-state index in [0.29, 0.717) is 37.3 Å². The number of nitrogens with one attached hydrogen (secondary N) is 1. The van der Waals surface area contributed by atoms with Crippen molar-refractivity contribution in [3.05, 3.63) is 29.8 Å². The van der Waals surface area contributed by atoms with E-state index in [-0.39, 0.29) is 44.6 Å². The fraction of sp³-hybridized carbons (Fsp3) is 0.750. The summed E-state index contributed by atoms with van der Waals surface area (Å²) < 4.78 is 57.9. The Kier molecular flexibility index (Phi) is 17.1. The van der Waals surface area contributed by atoms with Crippen LogP contribution in [0.25, 0.3) is 0 Å². The molecule has 0 bridgehead atoms. The third-order valence-corrected chi connectivity index (χ3v) is 9.81. The minimum absolute atomic E-state index is 0.0681. The second kappa shape index (κ2) is 20.5. The van der Waals surface area contributed by atoms with Gasteiger partial charge in [-0.25, -0.2) is 14.4 Å². The molecule has 2 fully saturated rings. The molecular weight excluding hydrogens is 699 g/mol. The van der Waals surface area contributed by atoms with Gasteiger partial charge < -0.3 is 48.3 Å². The van der Waals surface area contributed by atoms with Gasteiger partial charge in [-0.05, 0) is 77.5 Å². The SMILES string of the molecule is CCCCOP(=O)(COc1ccc(C[C@H](NC(=O)O[C@H]2CO[C@H]3OCC[C@H]32)[C@H](O)CN(CC(C)C)C(=O)OC(C)(C)C)cc1)O[C@@H](C)C(=O)OCC. The van der Waals surface area contributed by atoms with Gasteiger partial charge in [-0.2, -0.15) is 0 Å². The smallest absolute Gasteiger partial charge is 0.410 e. The van der Waals surface area contributed by atoms with Crippen molar-refractivity contribution in [1.82, 2.24) is 10.2 Å². The molecule has 296 valence electrons. The quantitative estimate of drug-likeness (QED) is 0.0722. The van der Waals surface area contributed by atoms with Crippen LogP contribution >= 0.6 is 7.60 Å². The van der Waals surface area contributed by atoms with E-state index in [1.807, 2.05) is 20.8 Å². The number of alkyl carbamates (subject to hydrolysis) is 1. The number of fused-ring (bicyclic) bond motifs is 1. The molecule has 2 amide bonds. The van der Waals surface area contributed by atoms with Crippen molar-refractivity contribution in [3.8, 4) is 5.75 Å². The van der Waals surface area contributed by atoms with Crippen molar-refractivity contribution < 1.29 is 61.5 Å². The Morgan fingerprint density at radius 1 is 1.08 bits per heavy atom. The zero-order chi connectivity index (χ0) is 38.5. The van der Waals surface area contributed by atoms with E-state index < -0.39 is 68.3 Å². The molecule has 2 saturated heterocycles. The molecule has 2 heterocycles. The van der Waals surface area contributed by atoms with Crippen molar-refractivity contribution >= 4 is 25.8 Å². The summed E-state index contributed by atoms with van der Waals surface area (Å²) in [4.78, 5) is 39.9. The fourth-order valence-corrected chi connectivity index (χ4v) is 7.10. The topological polar surface area (TPSA) is 178 Å². The number of aliphatic hydroxyl groups is 1. The molecule has 1 aromatic rings. The summed E-state index contributed by atoms with van der Waals surface area (Å²) >= 11 is 0. The van der Waals surface area contributed by atoms with Crippen LogP contribution in [0, 0.1) is 11.8 Å². The Bertz CT molecular complexity index is 1320. The lowest BCUT2D eigenvalue weighted by atomic mass is 10.0. The van der Waals surface area contributed by atoms with Gasteiger partial charge in [-0.3, -0.25) is 9.09 Å². The number of nitrogens with zero attached hydrogens (tertiary/aromatic N) is 1. The number of aliphatic hydroxyl groups excluding tert-OH is 1. The standard InChI is InChI=1S/C36H59N2O13P/c1-9-11-17-48-52(43,51-25(5)32(40)44-10-2)23-47-27-14-12-26(13-15-27)19-29(37-34(41)49-31-22-46-33-28(31)16-18-45-33)30(39)21-38(20-24(3)4)35(42)50-36(6,7)8/h12-15,24-25,28-31,33,39H,9-11,16-23H2,1-8H3,(H,37,41)/t25-,28-,29-,30+,31-,33+,52?/m0/s1. The van der Waals surface area contributed by atoms with Crippen LogP contribution in [0.4, 0.5) is 9.59 Å². The molecule has 52 heavy (non-hydrogen) atoms. The second-order valence-electron chi connectivity index (χ2n) is 14.5. The number of ether oxygens (including phenoxy) is 6. The highest BCUT2D eigenvalue weighted by Gasteiger charge is 2.44. The Morgan fingerprint density at radius 2 is 1.79 bits per heavy atom. The molecule has 2 aliphatic heterocycles. The van der Waals surface area contributed by atoms with Gasteiger partial charge in [-0.1, -0.05) is 39.3 Å². The average molecular weight is 759 g/mol. The number of amides is 2. The van der Waals surface area contributed by atoms with E-state index in [4.69, 9.17) is 37.5 Å². The molecule has 0 aromatic heterocycles. The zero-order valence-electron chi connectivity index (χ0n) is 31.9. The Hall–Kier alpha value is -2.94. The summed E-state index contributed by atoms with van der Waals surface area (Å²) in [5.74, 6) is -0.296. The fourth-order valence-electron chi connectivity index (χ4n) is 5.62. The van der Waals surface area contributed by atoms with E-state index in [2.05, 4.69) is 5.32 Å². The van der Waals surface area contributed by atoms with Gasteiger partial charge in [-0.15, -0.1) is 0 Å². The van der Waals surface area contributed by atoms with Crippen LogP contribution in [-0.4, -0.2) is 110 Å². The van der Waals surface area contributed by atoms with Crippen LogP contribution in [0.1, 0.15) is 80.2 Å². The molecule has 1 aromatic carbocycles. The van der Waals surface area contributed by atoms with Gasteiger partial charge in [0.1, 0.15) is 17.5 Å². The lowest BCUT2D eigenvalue weighted by Gasteiger charge is -2.32. The summed E-state index contributed by atoms with van der Waals surface area (Å²) in [5.41, 5.74) is -0.0265. The molecule has 7 atom stereocenters. The zero-order valence-corrected chi connectivity index (χ0v) is 32.8. The number of hydrogen-bond donors (Lipinski definition) is 2. The van der Waals surface area contributed by atoms with Crippen LogP contribution < -0.4 is 10.1 Å². The minimum Gasteiger partial charge on any atom is -0.481 e. The lowest BCUT2D eigenvalue weighted by Crippen LogP contribution is -2.52. The van der Waals surface area contributed by atoms with Crippen molar-refractivity contribution in [3.63, 3.8) is 0 Å². The number of rotatable bonds is 20. The first-order valence-electron chi connectivity index (χ1n) is 18.2. The number of unbranched alkanes of at least 4 members (excludes halogenated alkanes) is 1. The van der Waals surface area contributed by atoms with Gasteiger partial charge in [0.15, 0.2) is 18.7 Å². The van der Waals surface area contributed by atoms with E-state index in [1.54, 1.807) is 52.0 Å². The molecule has 16 heteroatoms. The lowest BCUT2D eigenvalue weighted by molar-refractivity contribution is -0.151. The van der Waals surface area contributed by atoms with Crippen LogP contribution in [-0.2, 0) is 48.5 Å². The normalized spacial score (nSPS) is 21.4. The summed E-state index contributed by atoms with van der Waals surface area (Å²) in [6.45, 7) is 15.5. The van der Waals surface area contributed by atoms with Crippen LogP contribution in [0.2, 0.25) is 0 Å². The number of carbonyl (C=O) groups is 3. The number of carbonyl (C=O) groups excluding carboxylic acids is 3. The highest BCUT2D eigenvalue weighted by Crippen LogP contribution is 2.49. The Balaban J connectivity index is 1.74. The minimum atomic E-state index is -3.85. The van der Waals surface area contributed by atoms with Gasteiger partial charge in [0.2, 0.25) is 0 Å². The van der Waals surface area contributed by atoms with Crippen LogP contribution in [0.15, 0.2) is 24.3 Å². The molecule has 0 saturated carbocycles. The monoisotopic (exact) mass is 758 g/mol. The first kappa shape index (κ1) is 43.5. The molecule has 1 unspecified atom stereocenters. The van der Waals surface area contributed by atoms with E-state index in [0.717, 1.165) is 6.42 Å². The highest BCUT2D eigenvalue weighted by molar-refractivity contribution is 7.53. The third kappa shape index (κ3) is 14.5. The van der Waals surface area contributed by atoms with Crippen LogP contribution in [0.3, 0.4) is 0 Å². The summed E-state index contributed by atoms with van der Waals surface area (Å²) in [7, 11) is -3.85. The van der Waals surface area contributed by atoms with Gasteiger partial charge in [0.25, 0.3) is 0 Å². The molecule has 0 radical (unpaired) electrons. The van der Waals surface area contributed by atoms with Gasteiger partial charge in [0, 0.05) is 6.54 Å². The second-order valence-corrected chi connectivity index (χ2v) is 16.4. The predicted octanol–water partition coefficient (Wildman–Crippen LogP) is 5.65. The molecule has 2 aliphatic rings. The summed E-state index contributed by atoms with van der Waals surface area (Å²) in [6, 6.07) is 5.88. The molecular formula is C36H59N2O13P. The summed E-state index contributed by atoms with van der Waals surface area (Å²) in [5, 5.41) is 14.4. The predicted molar refractivity (Wildman–Crippen MR) is 191 cm³/mol. The van der Waals surface area contributed by atoms with Gasteiger partial charge in [0.05, 0.1) is 51.0 Å². The summed E-state index contributed by atoms with van der Waals surface area (Å²) in [6.07, 6.45) is -2.65. The van der Waals surface area contributed by atoms with E-state index in [9.17, 15) is 24.1 Å². The van der Waals surface area contributed by atoms with Gasteiger partial charge >= 0.3 is 25.8 Å². The maximum absolute atomic E-state index is 13.5. The molecule has 15 nitrogen and oxygen atoms in total. The maximum Gasteiger partial charge on any atom is 0.410 e. The number of benzene rings is 1. The van der Waals surface area contributed by atoms with Crippen molar-refractivity contribution in [2.75, 3.05) is 45.9 Å². The van der Waals surface area contributed by atoms with Crippen molar-refractivity contribution in [1.29, 1.82) is 0 Å².